The molecule has 0 aliphatic carbocycles. The lowest BCUT2D eigenvalue weighted by molar-refractivity contribution is 0.0606. The number of likely N-dealkylation sites (tertiary alicyclic amines) is 1. The largest absolute Gasteiger partial charge is 0.384 e. The molecule has 114 valence electrons. The lowest BCUT2D eigenvalue weighted by atomic mass is 9.93. The lowest BCUT2D eigenvalue weighted by Crippen LogP contribution is -2.46. The van der Waals surface area contributed by atoms with Crippen LogP contribution in [0.4, 0.5) is 0 Å². The normalized spacial score (nSPS) is 23.7. The maximum Gasteiger partial charge on any atom is 0.0596 e. The molecule has 0 radical (unpaired) electrons. The van der Waals surface area contributed by atoms with E-state index in [0.29, 0.717) is 12.0 Å². The SMILES string of the molecule is CCC(N)C(c1sccc1C)N1CCCC(COC)C1. The average molecular weight is 296 g/mol. The smallest absolute Gasteiger partial charge is 0.0596 e. The number of rotatable bonds is 6. The van der Waals surface area contributed by atoms with Crippen LogP contribution in [0.15, 0.2) is 11.4 Å². The molecule has 1 saturated heterocycles. The number of hydrogen-bond acceptors (Lipinski definition) is 4. The molecule has 2 heterocycles. The van der Waals surface area contributed by atoms with Crippen LogP contribution in [0, 0.1) is 12.8 Å². The van der Waals surface area contributed by atoms with E-state index in [9.17, 15) is 0 Å². The molecule has 1 aliphatic rings. The Hall–Kier alpha value is -0.420. The van der Waals surface area contributed by atoms with Gasteiger partial charge in [-0.3, -0.25) is 4.90 Å². The Balaban J connectivity index is 2.16. The minimum absolute atomic E-state index is 0.216. The quantitative estimate of drug-likeness (QED) is 0.876. The van der Waals surface area contributed by atoms with E-state index < -0.39 is 0 Å². The van der Waals surface area contributed by atoms with Crippen LogP contribution in [0.5, 0.6) is 0 Å². The van der Waals surface area contributed by atoms with E-state index in [1.807, 2.05) is 11.3 Å². The molecule has 0 spiro atoms. The Kier molecular flexibility index (Phi) is 6.02. The molecule has 2 rings (SSSR count). The number of ether oxygens (including phenoxy) is 1. The van der Waals surface area contributed by atoms with Crippen molar-refractivity contribution >= 4 is 11.3 Å². The molecule has 1 aromatic rings. The third kappa shape index (κ3) is 3.61. The highest BCUT2D eigenvalue weighted by Crippen LogP contribution is 2.34. The summed E-state index contributed by atoms with van der Waals surface area (Å²) in [7, 11) is 1.80. The van der Waals surface area contributed by atoms with Gasteiger partial charge in [0, 0.05) is 24.6 Å². The number of aryl methyl sites for hydroxylation is 1. The number of hydrogen-bond donors (Lipinski definition) is 1. The Labute approximate surface area is 127 Å². The van der Waals surface area contributed by atoms with Crippen LogP contribution in [0.25, 0.3) is 0 Å². The van der Waals surface area contributed by atoms with Crippen LogP contribution < -0.4 is 5.73 Å². The average Bonchev–Trinajstić information content (AvgIpc) is 2.86. The third-order valence-corrected chi connectivity index (χ3v) is 5.48. The van der Waals surface area contributed by atoms with Gasteiger partial charge >= 0.3 is 0 Å². The van der Waals surface area contributed by atoms with E-state index in [1.54, 1.807) is 7.11 Å². The third-order valence-electron chi connectivity index (χ3n) is 4.39. The molecule has 2 N–H and O–H groups in total. The van der Waals surface area contributed by atoms with Gasteiger partial charge in [-0.2, -0.15) is 0 Å². The monoisotopic (exact) mass is 296 g/mol. The fourth-order valence-corrected chi connectivity index (χ4v) is 4.40. The topological polar surface area (TPSA) is 38.5 Å². The van der Waals surface area contributed by atoms with Crippen LogP contribution in [-0.2, 0) is 4.74 Å². The lowest BCUT2D eigenvalue weighted by Gasteiger charge is -2.40. The molecule has 3 atom stereocenters. The first-order chi connectivity index (χ1) is 9.67. The van der Waals surface area contributed by atoms with E-state index in [4.69, 9.17) is 10.5 Å². The van der Waals surface area contributed by atoms with Crippen molar-refractivity contribution in [1.29, 1.82) is 0 Å². The number of nitrogens with two attached hydrogens (primary N) is 1. The van der Waals surface area contributed by atoms with Crippen LogP contribution in [0.1, 0.15) is 42.7 Å². The number of thiophene rings is 1. The van der Waals surface area contributed by atoms with E-state index in [-0.39, 0.29) is 6.04 Å². The van der Waals surface area contributed by atoms with E-state index in [2.05, 4.69) is 30.2 Å². The van der Waals surface area contributed by atoms with Crippen molar-refractivity contribution in [3.8, 4) is 0 Å². The minimum atomic E-state index is 0.216. The zero-order chi connectivity index (χ0) is 14.5. The second-order valence-corrected chi connectivity index (χ2v) is 6.89. The first-order valence-electron chi connectivity index (χ1n) is 7.69. The fourth-order valence-electron chi connectivity index (χ4n) is 3.26. The molecule has 20 heavy (non-hydrogen) atoms. The van der Waals surface area contributed by atoms with Crippen molar-refractivity contribution in [3.05, 3.63) is 21.9 Å². The second-order valence-electron chi connectivity index (χ2n) is 5.94. The van der Waals surface area contributed by atoms with Crippen molar-refractivity contribution in [2.24, 2.45) is 11.7 Å². The summed E-state index contributed by atoms with van der Waals surface area (Å²) in [6.07, 6.45) is 3.56. The zero-order valence-corrected chi connectivity index (χ0v) is 13.8. The van der Waals surface area contributed by atoms with E-state index >= 15 is 0 Å². The number of piperidine rings is 1. The summed E-state index contributed by atoms with van der Waals surface area (Å²) >= 11 is 1.86. The Bertz CT molecular complexity index is 405. The van der Waals surface area contributed by atoms with Gasteiger partial charge in [0.25, 0.3) is 0 Å². The van der Waals surface area contributed by atoms with Gasteiger partial charge in [0.05, 0.1) is 12.6 Å². The van der Waals surface area contributed by atoms with E-state index in [1.165, 1.54) is 23.3 Å². The molecular weight excluding hydrogens is 268 g/mol. The zero-order valence-electron chi connectivity index (χ0n) is 13.0. The van der Waals surface area contributed by atoms with Crippen molar-refractivity contribution in [2.45, 2.75) is 45.2 Å². The summed E-state index contributed by atoms with van der Waals surface area (Å²) in [5.74, 6) is 0.653. The second kappa shape index (κ2) is 7.55. The molecule has 0 saturated carbocycles. The summed E-state index contributed by atoms with van der Waals surface area (Å²) in [6, 6.07) is 2.81. The molecule has 0 amide bonds. The van der Waals surface area contributed by atoms with Crippen molar-refractivity contribution in [3.63, 3.8) is 0 Å². The number of nitrogens with zero attached hydrogens (tertiary/aromatic N) is 1. The molecule has 3 unspecified atom stereocenters. The molecule has 1 aromatic heterocycles. The summed E-state index contributed by atoms with van der Waals surface area (Å²) < 4.78 is 5.36. The maximum atomic E-state index is 6.46. The van der Waals surface area contributed by atoms with Crippen LogP contribution in [-0.4, -0.2) is 37.7 Å². The predicted octanol–water partition coefficient (Wildman–Crippen LogP) is 3.19. The summed E-state index contributed by atoms with van der Waals surface area (Å²) in [5.41, 5.74) is 7.85. The fraction of sp³-hybridized carbons (Fsp3) is 0.750. The molecule has 0 aromatic carbocycles. The summed E-state index contributed by atoms with van der Waals surface area (Å²) in [4.78, 5) is 4.05. The Morgan fingerprint density at radius 3 is 2.95 bits per heavy atom. The van der Waals surface area contributed by atoms with Gasteiger partial charge in [0.2, 0.25) is 0 Å². The minimum Gasteiger partial charge on any atom is -0.384 e. The van der Waals surface area contributed by atoms with Gasteiger partial charge in [-0.05, 0) is 55.7 Å². The highest BCUT2D eigenvalue weighted by Gasteiger charge is 2.31. The molecule has 0 bridgehead atoms. The Morgan fingerprint density at radius 2 is 2.35 bits per heavy atom. The number of methoxy groups -OCH3 is 1. The molecule has 3 nitrogen and oxygen atoms in total. The van der Waals surface area contributed by atoms with Crippen LogP contribution in [0.2, 0.25) is 0 Å². The van der Waals surface area contributed by atoms with Crippen LogP contribution in [0.3, 0.4) is 0 Å². The van der Waals surface area contributed by atoms with Gasteiger partial charge in [0.15, 0.2) is 0 Å². The first kappa shape index (κ1) is 16.0. The van der Waals surface area contributed by atoms with Crippen LogP contribution >= 0.6 is 11.3 Å². The molecule has 1 fully saturated rings. The molecule has 4 heteroatoms. The highest BCUT2D eigenvalue weighted by atomic mass is 32.1. The highest BCUT2D eigenvalue weighted by molar-refractivity contribution is 7.10. The van der Waals surface area contributed by atoms with Gasteiger partial charge < -0.3 is 10.5 Å². The predicted molar refractivity (Wildman–Crippen MR) is 86.2 cm³/mol. The van der Waals surface area contributed by atoms with Gasteiger partial charge in [-0.25, -0.2) is 0 Å². The van der Waals surface area contributed by atoms with Gasteiger partial charge in [-0.15, -0.1) is 11.3 Å². The summed E-state index contributed by atoms with van der Waals surface area (Å²) in [6.45, 7) is 7.54. The van der Waals surface area contributed by atoms with Gasteiger partial charge in [-0.1, -0.05) is 6.92 Å². The maximum absolute atomic E-state index is 6.46. The van der Waals surface area contributed by atoms with Crippen molar-refractivity contribution in [2.75, 3.05) is 26.8 Å². The molecule has 1 aliphatic heterocycles. The standard InChI is InChI=1S/C16H28N2OS/c1-4-14(17)15(16-12(2)7-9-20-16)18-8-5-6-13(10-18)11-19-3/h7,9,13-15H,4-6,8,10-11,17H2,1-3H3. The van der Waals surface area contributed by atoms with Crippen molar-refractivity contribution in [1.82, 2.24) is 4.90 Å². The Morgan fingerprint density at radius 1 is 1.55 bits per heavy atom. The van der Waals surface area contributed by atoms with E-state index in [0.717, 1.165) is 26.1 Å². The van der Waals surface area contributed by atoms with Gasteiger partial charge in [0.1, 0.15) is 0 Å². The summed E-state index contributed by atoms with van der Waals surface area (Å²) in [5, 5.41) is 2.19. The van der Waals surface area contributed by atoms with Crippen molar-refractivity contribution < 1.29 is 4.74 Å². The molecular formula is C16H28N2OS. The first-order valence-corrected chi connectivity index (χ1v) is 8.57.